The fourth-order valence-electron chi connectivity index (χ4n) is 2.10. The van der Waals surface area contributed by atoms with Gasteiger partial charge >= 0.3 is 5.97 Å². The predicted octanol–water partition coefficient (Wildman–Crippen LogP) is 2.57. The molecule has 1 unspecified atom stereocenters. The summed E-state index contributed by atoms with van der Waals surface area (Å²) in [6, 6.07) is 5.39. The Hall–Kier alpha value is -2.30. The van der Waals surface area contributed by atoms with Crippen LogP contribution in [0.4, 0.5) is 5.13 Å². The number of amides is 1. The molecule has 1 aromatic heterocycles. The minimum atomic E-state index is -3.63. The molecule has 8 nitrogen and oxygen atoms in total. The average molecular weight is 412 g/mol. The zero-order chi connectivity index (χ0) is 20.2. The number of sulfonamides is 1. The predicted molar refractivity (Wildman–Crippen MR) is 103 cm³/mol. The van der Waals surface area contributed by atoms with Gasteiger partial charge in [0.1, 0.15) is 4.88 Å². The summed E-state index contributed by atoms with van der Waals surface area (Å²) < 4.78 is 31.7. The summed E-state index contributed by atoms with van der Waals surface area (Å²) in [5.41, 5.74) is 0.727. The summed E-state index contributed by atoms with van der Waals surface area (Å²) in [6.45, 7) is 5.30. The third-order valence-electron chi connectivity index (χ3n) is 3.78. The lowest BCUT2D eigenvalue weighted by Gasteiger charge is -2.12. The van der Waals surface area contributed by atoms with E-state index in [2.05, 4.69) is 19.8 Å². The maximum atomic E-state index is 12.3. The van der Waals surface area contributed by atoms with Gasteiger partial charge < -0.3 is 4.74 Å². The Morgan fingerprint density at radius 1 is 1.26 bits per heavy atom. The number of thiazole rings is 1. The molecule has 0 aliphatic heterocycles. The number of hydrogen-bond acceptors (Lipinski definition) is 7. The number of aryl methyl sites for hydroxylation is 1. The van der Waals surface area contributed by atoms with E-state index in [9.17, 15) is 18.0 Å². The molecule has 27 heavy (non-hydrogen) atoms. The van der Waals surface area contributed by atoms with E-state index < -0.39 is 21.9 Å². The molecule has 2 rings (SSSR count). The second-order valence-corrected chi connectivity index (χ2v) is 8.55. The second-order valence-electron chi connectivity index (χ2n) is 5.83. The third kappa shape index (κ3) is 5.12. The van der Waals surface area contributed by atoms with Crippen molar-refractivity contribution >= 4 is 38.4 Å². The number of ether oxygens (including phenoxy) is 1. The summed E-state index contributed by atoms with van der Waals surface area (Å²) in [7, 11) is -2.36. The quantitative estimate of drug-likeness (QED) is 0.677. The van der Waals surface area contributed by atoms with Gasteiger partial charge in [-0.05, 0) is 44.5 Å². The fraction of sp³-hybridized carbons (Fsp3) is 0.353. The summed E-state index contributed by atoms with van der Waals surface area (Å²) in [5, 5.41) is 2.85. The van der Waals surface area contributed by atoms with Crippen LogP contribution in [0.15, 0.2) is 29.2 Å². The molecule has 0 radical (unpaired) electrons. The maximum absolute atomic E-state index is 12.3. The van der Waals surface area contributed by atoms with Crippen LogP contribution in [0.3, 0.4) is 0 Å². The molecule has 2 aromatic rings. The van der Waals surface area contributed by atoms with E-state index in [-0.39, 0.29) is 21.6 Å². The van der Waals surface area contributed by atoms with Crippen molar-refractivity contribution < 1.29 is 22.7 Å². The summed E-state index contributed by atoms with van der Waals surface area (Å²) >= 11 is 1.01. The highest BCUT2D eigenvalue weighted by molar-refractivity contribution is 7.89. The van der Waals surface area contributed by atoms with E-state index in [1.165, 1.54) is 31.4 Å². The van der Waals surface area contributed by atoms with Gasteiger partial charge in [0, 0.05) is 11.6 Å². The van der Waals surface area contributed by atoms with Crippen LogP contribution in [0.2, 0.25) is 0 Å². The molecule has 2 N–H and O–H groups in total. The normalized spacial score (nSPS) is 12.4. The van der Waals surface area contributed by atoms with Crippen molar-refractivity contribution in [2.24, 2.45) is 0 Å². The number of nitrogens with one attached hydrogen (secondary N) is 2. The number of benzene rings is 1. The van der Waals surface area contributed by atoms with Gasteiger partial charge in [-0.1, -0.05) is 18.3 Å². The molecule has 1 atom stereocenters. The number of methoxy groups -OCH3 is 1. The highest BCUT2D eigenvalue weighted by atomic mass is 32.2. The number of hydrogen-bond donors (Lipinski definition) is 2. The number of aromatic nitrogens is 1. The molecule has 1 aromatic carbocycles. The zero-order valence-electron chi connectivity index (χ0n) is 15.4. The minimum absolute atomic E-state index is 0.0809. The molecular weight excluding hydrogens is 390 g/mol. The van der Waals surface area contributed by atoms with Crippen LogP contribution in [0.5, 0.6) is 0 Å². The average Bonchev–Trinajstić information content (AvgIpc) is 3.00. The van der Waals surface area contributed by atoms with Crippen molar-refractivity contribution in [1.82, 2.24) is 9.71 Å². The number of anilines is 1. The van der Waals surface area contributed by atoms with E-state index in [4.69, 9.17) is 0 Å². The van der Waals surface area contributed by atoms with Crippen molar-refractivity contribution in [3.8, 4) is 0 Å². The molecule has 0 bridgehead atoms. The highest BCUT2D eigenvalue weighted by Crippen LogP contribution is 2.24. The first-order valence-electron chi connectivity index (χ1n) is 8.17. The Labute approximate surface area is 162 Å². The van der Waals surface area contributed by atoms with Crippen molar-refractivity contribution in [3.63, 3.8) is 0 Å². The number of carbonyl (C=O) groups is 2. The first-order chi connectivity index (χ1) is 12.7. The van der Waals surface area contributed by atoms with Crippen LogP contribution in [-0.4, -0.2) is 38.4 Å². The summed E-state index contributed by atoms with van der Waals surface area (Å²) in [5.74, 6) is -0.979. The largest absolute Gasteiger partial charge is 0.465 e. The molecule has 0 spiro atoms. The fourth-order valence-corrected chi connectivity index (χ4v) is 4.31. The van der Waals surface area contributed by atoms with Crippen molar-refractivity contribution in [3.05, 3.63) is 40.4 Å². The highest BCUT2D eigenvalue weighted by Gasteiger charge is 2.19. The molecule has 0 saturated carbocycles. The topological polar surface area (TPSA) is 114 Å². The van der Waals surface area contributed by atoms with Gasteiger partial charge in [0.15, 0.2) is 5.13 Å². The van der Waals surface area contributed by atoms with Crippen molar-refractivity contribution in [1.29, 1.82) is 0 Å². The zero-order valence-corrected chi connectivity index (χ0v) is 17.0. The van der Waals surface area contributed by atoms with Crippen LogP contribution in [0.1, 0.15) is 46.0 Å². The number of nitrogens with zero attached hydrogens (tertiary/aromatic N) is 1. The number of rotatable bonds is 7. The minimum Gasteiger partial charge on any atom is -0.465 e. The van der Waals surface area contributed by atoms with E-state index in [1.807, 2.05) is 6.92 Å². The molecule has 1 amide bonds. The van der Waals surface area contributed by atoms with Crippen LogP contribution in [-0.2, 0) is 14.8 Å². The number of carbonyl (C=O) groups excluding carboxylic acids is 2. The lowest BCUT2D eigenvalue weighted by Crippen LogP contribution is -2.32. The standard InChI is InChI=1S/C17H21N3O5S2/c1-5-10(2)20-27(23,24)13-8-6-12(7-9-13)15(21)19-17-18-11(3)14(26-17)16(22)25-4/h6-10,20H,5H2,1-4H3,(H,18,19,21). The Morgan fingerprint density at radius 2 is 1.89 bits per heavy atom. The molecular formula is C17H21N3O5S2. The molecule has 146 valence electrons. The maximum Gasteiger partial charge on any atom is 0.350 e. The third-order valence-corrected chi connectivity index (χ3v) is 6.44. The Kier molecular flexibility index (Phi) is 6.68. The second kappa shape index (κ2) is 8.59. The van der Waals surface area contributed by atoms with E-state index in [1.54, 1.807) is 13.8 Å². The van der Waals surface area contributed by atoms with Gasteiger partial charge in [-0.15, -0.1) is 0 Å². The monoisotopic (exact) mass is 411 g/mol. The van der Waals surface area contributed by atoms with Crippen molar-refractivity contribution in [2.45, 2.75) is 38.1 Å². The van der Waals surface area contributed by atoms with E-state index >= 15 is 0 Å². The Balaban J connectivity index is 2.13. The van der Waals surface area contributed by atoms with Crippen LogP contribution < -0.4 is 10.0 Å². The lowest BCUT2D eigenvalue weighted by atomic mass is 10.2. The molecule has 0 aliphatic rings. The van der Waals surface area contributed by atoms with Gasteiger partial charge in [0.25, 0.3) is 5.91 Å². The Bertz CT molecular complexity index is 936. The van der Waals surface area contributed by atoms with Gasteiger partial charge in [0.05, 0.1) is 17.7 Å². The first-order valence-corrected chi connectivity index (χ1v) is 10.5. The first kappa shape index (κ1) is 21.0. The van der Waals surface area contributed by atoms with E-state index in [0.29, 0.717) is 17.0 Å². The molecule has 0 saturated heterocycles. The molecule has 10 heteroatoms. The van der Waals surface area contributed by atoms with Gasteiger partial charge in [0.2, 0.25) is 10.0 Å². The van der Waals surface area contributed by atoms with Gasteiger partial charge in [-0.25, -0.2) is 22.9 Å². The van der Waals surface area contributed by atoms with Gasteiger partial charge in [-0.2, -0.15) is 0 Å². The lowest BCUT2D eigenvalue weighted by molar-refractivity contribution is 0.0605. The van der Waals surface area contributed by atoms with Crippen LogP contribution in [0.25, 0.3) is 0 Å². The SMILES string of the molecule is CCC(C)NS(=O)(=O)c1ccc(C(=O)Nc2nc(C)c(C(=O)OC)s2)cc1. The molecule has 1 heterocycles. The van der Waals surface area contributed by atoms with Crippen LogP contribution >= 0.6 is 11.3 Å². The summed E-state index contributed by atoms with van der Waals surface area (Å²) in [4.78, 5) is 28.5. The van der Waals surface area contributed by atoms with E-state index in [0.717, 1.165) is 11.3 Å². The summed E-state index contributed by atoms with van der Waals surface area (Å²) in [6.07, 6.45) is 0.667. The molecule has 0 fully saturated rings. The number of esters is 1. The molecule has 0 aliphatic carbocycles. The smallest absolute Gasteiger partial charge is 0.350 e. The van der Waals surface area contributed by atoms with Crippen molar-refractivity contribution in [2.75, 3.05) is 12.4 Å². The van der Waals surface area contributed by atoms with Crippen LogP contribution in [0, 0.1) is 6.92 Å². The Morgan fingerprint density at radius 3 is 2.44 bits per heavy atom. The van der Waals surface area contributed by atoms with Gasteiger partial charge in [-0.3, -0.25) is 10.1 Å².